The van der Waals surface area contributed by atoms with Crippen molar-refractivity contribution in [3.05, 3.63) is 71.6 Å². The first-order chi connectivity index (χ1) is 12.6. The summed E-state index contributed by atoms with van der Waals surface area (Å²) >= 11 is 0. The van der Waals surface area contributed by atoms with Crippen LogP contribution < -0.4 is 10.5 Å². The number of amides is 1. The first-order valence-electron chi connectivity index (χ1n) is 8.63. The van der Waals surface area contributed by atoms with E-state index >= 15 is 0 Å². The number of benzene rings is 2. The minimum Gasteiger partial charge on any atom is -0.493 e. The van der Waals surface area contributed by atoms with Crippen molar-refractivity contribution in [3.63, 3.8) is 0 Å². The number of nitrogens with zero attached hydrogens (tertiary/aromatic N) is 1. The van der Waals surface area contributed by atoms with Gasteiger partial charge in [-0.2, -0.15) is 0 Å². The SMILES string of the molecule is Cc1oc(-c2ccccc2)nc1CCOc1ccc(CCC(N)=O)cc1. The molecule has 0 spiro atoms. The molecule has 0 unspecified atom stereocenters. The van der Waals surface area contributed by atoms with E-state index in [4.69, 9.17) is 14.9 Å². The molecule has 0 bridgehead atoms. The van der Waals surface area contributed by atoms with Crippen LogP contribution in [-0.4, -0.2) is 17.5 Å². The fourth-order valence-corrected chi connectivity index (χ4v) is 2.65. The largest absolute Gasteiger partial charge is 0.493 e. The number of aromatic nitrogens is 1. The number of nitrogens with two attached hydrogens (primary N) is 1. The van der Waals surface area contributed by atoms with Crippen molar-refractivity contribution in [2.45, 2.75) is 26.2 Å². The normalized spacial score (nSPS) is 10.7. The van der Waals surface area contributed by atoms with Gasteiger partial charge in [0.25, 0.3) is 0 Å². The lowest BCUT2D eigenvalue weighted by atomic mass is 10.1. The van der Waals surface area contributed by atoms with Crippen molar-refractivity contribution in [3.8, 4) is 17.2 Å². The van der Waals surface area contributed by atoms with Crippen LogP contribution >= 0.6 is 0 Å². The topological polar surface area (TPSA) is 78.3 Å². The summed E-state index contributed by atoms with van der Waals surface area (Å²) in [4.78, 5) is 15.4. The third-order valence-electron chi connectivity index (χ3n) is 4.10. The Morgan fingerprint density at radius 2 is 1.81 bits per heavy atom. The van der Waals surface area contributed by atoms with Crippen LogP contribution in [0.4, 0.5) is 0 Å². The predicted molar refractivity (Wildman–Crippen MR) is 99.8 cm³/mol. The minimum absolute atomic E-state index is 0.289. The first kappa shape index (κ1) is 17.7. The van der Waals surface area contributed by atoms with Crippen LogP contribution in [0, 0.1) is 6.92 Å². The van der Waals surface area contributed by atoms with Gasteiger partial charge in [0, 0.05) is 18.4 Å². The van der Waals surface area contributed by atoms with Crippen LogP contribution in [0.1, 0.15) is 23.4 Å². The maximum Gasteiger partial charge on any atom is 0.226 e. The molecular weight excluding hydrogens is 328 g/mol. The lowest BCUT2D eigenvalue weighted by molar-refractivity contribution is -0.117. The van der Waals surface area contributed by atoms with E-state index in [9.17, 15) is 4.79 Å². The summed E-state index contributed by atoms with van der Waals surface area (Å²) in [5.74, 6) is 1.95. The van der Waals surface area contributed by atoms with Crippen molar-refractivity contribution in [1.82, 2.24) is 4.98 Å². The van der Waals surface area contributed by atoms with E-state index in [1.54, 1.807) is 0 Å². The summed E-state index contributed by atoms with van der Waals surface area (Å²) in [6, 6.07) is 17.6. The Labute approximate surface area is 152 Å². The molecule has 0 saturated carbocycles. The van der Waals surface area contributed by atoms with Gasteiger partial charge in [-0.15, -0.1) is 0 Å². The van der Waals surface area contributed by atoms with Crippen molar-refractivity contribution in [1.29, 1.82) is 0 Å². The van der Waals surface area contributed by atoms with Gasteiger partial charge in [-0.1, -0.05) is 30.3 Å². The molecule has 134 valence electrons. The molecule has 0 radical (unpaired) electrons. The van der Waals surface area contributed by atoms with Crippen LogP contribution in [0.2, 0.25) is 0 Å². The molecular formula is C21H22N2O3. The van der Waals surface area contributed by atoms with Gasteiger partial charge in [0.15, 0.2) is 0 Å². The summed E-state index contributed by atoms with van der Waals surface area (Å²) in [5.41, 5.74) is 8.10. The van der Waals surface area contributed by atoms with Crippen LogP contribution in [0.25, 0.3) is 11.5 Å². The van der Waals surface area contributed by atoms with Crippen molar-refractivity contribution in [2.24, 2.45) is 5.73 Å². The number of oxazole rings is 1. The van der Waals surface area contributed by atoms with Gasteiger partial charge >= 0.3 is 0 Å². The summed E-state index contributed by atoms with van der Waals surface area (Å²) in [6.45, 7) is 2.44. The Balaban J connectivity index is 1.53. The van der Waals surface area contributed by atoms with Gasteiger partial charge in [-0.3, -0.25) is 4.79 Å². The molecule has 0 aliphatic rings. The Bertz CT molecular complexity index is 855. The highest BCUT2D eigenvalue weighted by Gasteiger charge is 2.11. The second kappa shape index (κ2) is 8.34. The van der Waals surface area contributed by atoms with Gasteiger partial charge in [0.05, 0.1) is 12.3 Å². The van der Waals surface area contributed by atoms with Crippen molar-refractivity contribution < 1.29 is 13.9 Å². The van der Waals surface area contributed by atoms with E-state index in [1.807, 2.05) is 61.5 Å². The zero-order chi connectivity index (χ0) is 18.4. The number of ether oxygens (including phenoxy) is 1. The number of primary amides is 1. The van der Waals surface area contributed by atoms with E-state index in [1.165, 1.54) is 0 Å². The molecule has 26 heavy (non-hydrogen) atoms. The molecule has 2 aromatic carbocycles. The maximum atomic E-state index is 10.8. The monoisotopic (exact) mass is 350 g/mol. The summed E-state index contributed by atoms with van der Waals surface area (Å²) in [5, 5.41) is 0. The lowest BCUT2D eigenvalue weighted by Gasteiger charge is -2.06. The lowest BCUT2D eigenvalue weighted by Crippen LogP contribution is -2.11. The maximum absolute atomic E-state index is 10.8. The molecule has 1 heterocycles. The zero-order valence-electron chi connectivity index (χ0n) is 14.8. The van der Waals surface area contributed by atoms with Crippen LogP contribution in [0.3, 0.4) is 0 Å². The Hall–Kier alpha value is -3.08. The molecule has 0 aliphatic heterocycles. The summed E-state index contributed by atoms with van der Waals surface area (Å²) in [7, 11) is 0. The molecule has 3 aromatic rings. The molecule has 0 saturated heterocycles. The molecule has 0 atom stereocenters. The van der Waals surface area contributed by atoms with Gasteiger partial charge in [0.1, 0.15) is 11.5 Å². The smallest absolute Gasteiger partial charge is 0.226 e. The molecule has 5 heteroatoms. The number of hydrogen-bond donors (Lipinski definition) is 1. The second-order valence-corrected chi connectivity index (χ2v) is 6.10. The Morgan fingerprint density at radius 3 is 2.50 bits per heavy atom. The molecule has 0 fully saturated rings. The van der Waals surface area contributed by atoms with Gasteiger partial charge < -0.3 is 14.9 Å². The molecule has 5 nitrogen and oxygen atoms in total. The zero-order valence-corrected chi connectivity index (χ0v) is 14.8. The Kier molecular flexibility index (Phi) is 5.69. The van der Waals surface area contributed by atoms with E-state index in [-0.39, 0.29) is 5.91 Å². The number of rotatable bonds is 8. The van der Waals surface area contributed by atoms with E-state index in [2.05, 4.69) is 4.98 Å². The third-order valence-corrected chi connectivity index (χ3v) is 4.10. The standard InChI is InChI=1S/C21H22N2O3/c1-15-19(23-21(26-15)17-5-3-2-4-6-17)13-14-25-18-10-7-16(8-11-18)9-12-20(22)24/h2-8,10-11H,9,12-14H2,1H3,(H2,22,24). The highest BCUT2D eigenvalue weighted by Crippen LogP contribution is 2.22. The third kappa shape index (κ3) is 4.72. The quantitative estimate of drug-likeness (QED) is 0.672. The molecule has 3 rings (SSSR count). The second-order valence-electron chi connectivity index (χ2n) is 6.10. The van der Waals surface area contributed by atoms with Crippen molar-refractivity contribution in [2.75, 3.05) is 6.61 Å². The molecule has 2 N–H and O–H groups in total. The molecule has 1 aromatic heterocycles. The van der Waals surface area contributed by atoms with E-state index in [0.717, 1.165) is 28.3 Å². The number of aryl methyl sites for hydroxylation is 2. The average molecular weight is 350 g/mol. The highest BCUT2D eigenvalue weighted by atomic mass is 16.5. The van der Waals surface area contributed by atoms with Gasteiger partial charge in [-0.05, 0) is 43.2 Å². The van der Waals surface area contributed by atoms with E-state index < -0.39 is 0 Å². The minimum atomic E-state index is -0.289. The molecule has 0 aliphatic carbocycles. The Morgan fingerprint density at radius 1 is 1.08 bits per heavy atom. The fourth-order valence-electron chi connectivity index (χ4n) is 2.65. The van der Waals surface area contributed by atoms with Crippen LogP contribution in [0.15, 0.2) is 59.0 Å². The van der Waals surface area contributed by atoms with Gasteiger partial charge in [-0.25, -0.2) is 4.98 Å². The summed E-state index contributed by atoms with van der Waals surface area (Å²) < 4.78 is 11.5. The molecule has 1 amide bonds. The predicted octanol–water partition coefficient (Wildman–Crippen LogP) is 3.69. The van der Waals surface area contributed by atoms with Gasteiger partial charge in [0.2, 0.25) is 11.8 Å². The number of hydrogen-bond acceptors (Lipinski definition) is 4. The number of carbonyl (C=O) groups excluding carboxylic acids is 1. The first-order valence-corrected chi connectivity index (χ1v) is 8.63. The average Bonchev–Trinajstić information content (AvgIpc) is 3.03. The van der Waals surface area contributed by atoms with E-state index in [0.29, 0.717) is 31.8 Å². The highest BCUT2D eigenvalue weighted by molar-refractivity contribution is 5.74. The van der Waals surface area contributed by atoms with Crippen LogP contribution in [0.5, 0.6) is 5.75 Å². The summed E-state index contributed by atoms with van der Waals surface area (Å²) in [6.07, 6.45) is 1.68. The fraction of sp³-hybridized carbons (Fsp3) is 0.238. The van der Waals surface area contributed by atoms with Crippen LogP contribution in [-0.2, 0) is 17.6 Å². The number of carbonyl (C=O) groups is 1. The van der Waals surface area contributed by atoms with Crippen molar-refractivity contribution >= 4 is 5.91 Å².